The molecule has 3 amide bonds. The molecule has 1 aromatic rings. The lowest BCUT2D eigenvalue weighted by atomic mass is 10.1. The number of piperidine rings is 1. The molecule has 8 nitrogen and oxygen atoms in total. The first-order valence-electron chi connectivity index (χ1n) is 9.55. The van der Waals surface area contributed by atoms with Crippen LogP contribution >= 0.6 is 0 Å². The molecule has 8 heteroatoms. The third kappa shape index (κ3) is 4.05. The smallest absolute Gasteiger partial charge is 0.315 e. The van der Waals surface area contributed by atoms with Crippen molar-refractivity contribution in [2.24, 2.45) is 5.92 Å². The summed E-state index contributed by atoms with van der Waals surface area (Å²) in [6.07, 6.45) is 8.25. The molecule has 2 saturated heterocycles. The van der Waals surface area contributed by atoms with Crippen molar-refractivity contribution in [1.82, 2.24) is 25.5 Å². The summed E-state index contributed by atoms with van der Waals surface area (Å²) in [7, 11) is 0. The standard InChI is InChI=1S/C18H26N6O2/c25-16-9-13(11-24(16)15-4-5-15)10-21-18(26)22-14-3-1-8-23(12-14)17-19-6-2-7-20-17/h2,6-7,13-15H,1,3-5,8-12H2,(H2,21,22,26). The number of carbonyl (C=O) groups is 2. The lowest BCUT2D eigenvalue weighted by Gasteiger charge is -2.33. The van der Waals surface area contributed by atoms with E-state index >= 15 is 0 Å². The molecule has 1 aliphatic carbocycles. The Balaban J connectivity index is 1.21. The second-order valence-electron chi connectivity index (χ2n) is 7.54. The van der Waals surface area contributed by atoms with Crippen LogP contribution in [0.2, 0.25) is 0 Å². The second kappa shape index (κ2) is 7.47. The molecular formula is C18H26N6O2. The highest BCUT2D eigenvalue weighted by Gasteiger charge is 2.39. The Kier molecular flexibility index (Phi) is 4.90. The lowest BCUT2D eigenvalue weighted by molar-refractivity contribution is -0.128. The molecule has 2 atom stereocenters. The molecule has 0 spiro atoms. The van der Waals surface area contributed by atoms with E-state index in [1.54, 1.807) is 18.5 Å². The van der Waals surface area contributed by atoms with Crippen molar-refractivity contribution in [2.75, 3.05) is 31.1 Å². The van der Waals surface area contributed by atoms with Crippen molar-refractivity contribution in [3.8, 4) is 0 Å². The Morgan fingerprint density at radius 1 is 1.19 bits per heavy atom. The number of anilines is 1. The molecule has 3 heterocycles. The number of aromatic nitrogens is 2. The van der Waals surface area contributed by atoms with E-state index in [1.165, 1.54) is 0 Å². The predicted octanol–water partition coefficient (Wildman–Crippen LogP) is 0.756. The van der Waals surface area contributed by atoms with Gasteiger partial charge in [-0.25, -0.2) is 14.8 Å². The second-order valence-corrected chi connectivity index (χ2v) is 7.54. The van der Waals surface area contributed by atoms with Crippen LogP contribution in [0, 0.1) is 5.92 Å². The van der Waals surface area contributed by atoms with E-state index in [1.807, 2.05) is 4.90 Å². The zero-order chi connectivity index (χ0) is 17.9. The summed E-state index contributed by atoms with van der Waals surface area (Å²) in [6, 6.07) is 2.20. The van der Waals surface area contributed by atoms with E-state index in [-0.39, 0.29) is 23.9 Å². The normalized spacial score (nSPS) is 26.1. The van der Waals surface area contributed by atoms with Crippen LogP contribution in [0.1, 0.15) is 32.1 Å². The molecule has 26 heavy (non-hydrogen) atoms. The molecule has 140 valence electrons. The quantitative estimate of drug-likeness (QED) is 0.811. The minimum atomic E-state index is -0.150. The number of rotatable bonds is 5. The van der Waals surface area contributed by atoms with Gasteiger partial charge in [0.2, 0.25) is 11.9 Å². The molecule has 2 unspecified atom stereocenters. The van der Waals surface area contributed by atoms with Crippen LogP contribution in [0.5, 0.6) is 0 Å². The minimum Gasteiger partial charge on any atom is -0.339 e. The Morgan fingerprint density at radius 3 is 2.77 bits per heavy atom. The van der Waals surface area contributed by atoms with Crippen LogP contribution in [0.25, 0.3) is 0 Å². The Bertz CT molecular complexity index is 650. The highest BCUT2D eigenvalue weighted by atomic mass is 16.2. The summed E-state index contributed by atoms with van der Waals surface area (Å²) in [5.74, 6) is 1.18. The number of amides is 3. The van der Waals surface area contributed by atoms with Crippen LogP contribution in [-0.2, 0) is 4.79 Å². The molecule has 0 bridgehead atoms. The Morgan fingerprint density at radius 2 is 2.00 bits per heavy atom. The Hall–Kier alpha value is -2.38. The van der Waals surface area contributed by atoms with Crippen LogP contribution in [0.4, 0.5) is 10.7 Å². The van der Waals surface area contributed by atoms with Crippen molar-refractivity contribution in [2.45, 2.75) is 44.2 Å². The average molecular weight is 358 g/mol. The number of nitrogens with one attached hydrogen (secondary N) is 2. The van der Waals surface area contributed by atoms with Crippen molar-refractivity contribution in [1.29, 1.82) is 0 Å². The first-order chi connectivity index (χ1) is 12.7. The van der Waals surface area contributed by atoms with Gasteiger partial charge < -0.3 is 20.4 Å². The largest absolute Gasteiger partial charge is 0.339 e. The molecule has 1 saturated carbocycles. The van der Waals surface area contributed by atoms with Gasteiger partial charge in [-0.2, -0.15) is 0 Å². The van der Waals surface area contributed by atoms with E-state index in [4.69, 9.17) is 0 Å². The number of carbonyl (C=O) groups excluding carboxylic acids is 2. The molecular weight excluding hydrogens is 332 g/mol. The van der Waals surface area contributed by atoms with Crippen LogP contribution in [0.3, 0.4) is 0 Å². The predicted molar refractivity (Wildman–Crippen MR) is 96.6 cm³/mol. The van der Waals surface area contributed by atoms with Gasteiger partial charge in [-0.1, -0.05) is 0 Å². The molecule has 1 aromatic heterocycles. The monoisotopic (exact) mass is 358 g/mol. The van der Waals surface area contributed by atoms with Gasteiger partial charge in [0.25, 0.3) is 0 Å². The Labute approximate surface area is 153 Å². The van der Waals surface area contributed by atoms with Crippen molar-refractivity contribution >= 4 is 17.9 Å². The fraction of sp³-hybridized carbons (Fsp3) is 0.667. The SMILES string of the molecule is O=C(NCC1CC(=O)N(C2CC2)C1)NC1CCCN(c2ncccn2)C1. The van der Waals surface area contributed by atoms with Gasteiger partial charge in [0.05, 0.1) is 0 Å². The van der Waals surface area contributed by atoms with Gasteiger partial charge in [0, 0.05) is 63.0 Å². The highest BCUT2D eigenvalue weighted by molar-refractivity contribution is 5.79. The van der Waals surface area contributed by atoms with E-state index in [0.717, 1.165) is 45.3 Å². The first-order valence-corrected chi connectivity index (χ1v) is 9.55. The number of likely N-dealkylation sites (tertiary alicyclic amines) is 1. The topological polar surface area (TPSA) is 90.5 Å². The van der Waals surface area contributed by atoms with E-state index in [9.17, 15) is 9.59 Å². The lowest BCUT2D eigenvalue weighted by Crippen LogP contribution is -2.51. The minimum absolute atomic E-state index is 0.0840. The zero-order valence-corrected chi connectivity index (χ0v) is 14.9. The summed E-state index contributed by atoms with van der Waals surface area (Å²) < 4.78 is 0. The maximum atomic E-state index is 12.2. The van der Waals surface area contributed by atoms with Gasteiger partial charge in [-0.15, -0.1) is 0 Å². The van der Waals surface area contributed by atoms with Gasteiger partial charge in [-0.3, -0.25) is 4.79 Å². The molecule has 3 aliphatic rings. The summed E-state index contributed by atoms with van der Waals surface area (Å²) >= 11 is 0. The summed E-state index contributed by atoms with van der Waals surface area (Å²) in [5.41, 5.74) is 0. The fourth-order valence-electron chi connectivity index (χ4n) is 3.89. The maximum Gasteiger partial charge on any atom is 0.315 e. The van der Waals surface area contributed by atoms with Gasteiger partial charge in [0.1, 0.15) is 0 Å². The van der Waals surface area contributed by atoms with Crippen molar-refractivity contribution in [3.05, 3.63) is 18.5 Å². The van der Waals surface area contributed by atoms with E-state index in [2.05, 4.69) is 25.5 Å². The summed E-state index contributed by atoms with van der Waals surface area (Å²) in [6.45, 7) is 2.96. The van der Waals surface area contributed by atoms with Gasteiger partial charge in [0.15, 0.2) is 0 Å². The third-order valence-electron chi connectivity index (χ3n) is 5.37. The van der Waals surface area contributed by atoms with Crippen LogP contribution in [-0.4, -0.2) is 65.1 Å². The van der Waals surface area contributed by atoms with Crippen LogP contribution < -0.4 is 15.5 Å². The fourth-order valence-corrected chi connectivity index (χ4v) is 3.89. The number of nitrogens with zero attached hydrogens (tertiary/aromatic N) is 4. The number of hydrogen-bond acceptors (Lipinski definition) is 5. The van der Waals surface area contributed by atoms with E-state index < -0.39 is 0 Å². The molecule has 0 radical (unpaired) electrons. The van der Waals surface area contributed by atoms with Crippen molar-refractivity contribution in [3.63, 3.8) is 0 Å². The molecule has 4 rings (SSSR count). The average Bonchev–Trinajstić information content (AvgIpc) is 3.43. The van der Waals surface area contributed by atoms with E-state index in [0.29, 0.717) is 25.0 Å². The summed E-state index contributed by atoms with van der Waals surface area (Å²) in [4.78, 5) is 36.9. The highest BCUT2D eigenvalue weighted by Crippen LogP contribution is 2.32. The van der Waals surface area contributed by atoms with Crippen LogP contribution in [0.15, 0.2) is 18.5 Å². The number of hydrogen-bond donors (Lipinski definition) is 2. The molecule has 2 aliphatic heterocycles. The van der Waals surface area contributed by atoms with Gasteiger partial charge >= 0.3 is 6.03 Å². The molecule has 3 fully saturated rings. The zero-order valence-electron chi connectivity index (χ0n) is 14.9. The molecule has 2 N–H and O–H groups in total. The molecule has 0 aromatic carbocycles. The maximum absolute atomic E-state index is 12.2. The summed E-state index contributed by atoms with van der Waals surface area (Å²) in [5, 5.41) is 6.00. The third-order valence-corrected chi connectivity index (χ3v) is 5.37. The first kappa shape index (κ1) is 17.1. The number of urea groups is 1. The van der Waals surface area contributed by atoms with Crippen molar-refractivity contribution < 1.29 is 9.59 Å². The van der Waals surface area contributed by atoms with Gasteiger partial charge in [-0.05, 0) is 31.7 Å².